The maximum absolute atomic E-state index is 12.6. The van der Waals surface area contributed by atoms with Crippen molar-refractivity contribution < 1.29 is 8.42 Å². The number of rotatable bonds is 2. The van der Waals surface area contributed by atoms with Gasteiger partial charge in [-0.25, -0.2) is 8.42 Å². The first kappa shape index (κ1) is 15.1. The van der Waals surface area contributed by atoms with E-state index in [0.29, 0.717) is 29.9 Å². The highest BCUT2D eigenvalue weighted by Gasteiger charge is 2.32. The molecule has 1 fully saturated rings. The van der Waals surface area contributed by atoms with Crippen LogP contribution in [-0.2, 0) is 10.0 Å². The molecule has 1 saturated heterocycles. The first-order valence-electron chi connectivity index (χ1n) is 6.26. The Morgan fingerprint density at radius 3 is 2.26 bits per heavy atom. The molecule has 2 atom stereocenters. The Morgan fingerprint density at radius 2 is 1.74 bits per heavy atom. The van der Waals surface area contributed by atoms with Gasteiger partial charge in [-0.15, -0.1) is 0 Å². The lowest BCUT2D eigenvalue weighted by atomic mass is 9.94. The summed E-state index contributed by atoms with van der Waals surface area (Å²) in [6.07, 6.45) is 1.06. The molecule has 0 aliphatic carbocycles. The Balaban J connectivity index is 2.36. The number of halogens is 2. The molecule has 19 heavy (non-hydrogen) atoms. The van der Waals surface area contributed by atoms with Crippen molar-refractivity contribution in [2.75, 3.05) is 13.1 Å². The van der Waals surface area contributed by atoms with Crippen molar-refractivity contribution in [1.82, 2.24) is 4.31 Å². The van der Waals surface area contributed by atoms with Gasteiger partial charge in [-0.05, 0) is 36.5 Å². The number of hydrogen-bond donors (Lipinski definition) is 0. The Labute approximate surface area is 124 Å². The SMILES string of the molecule is C[C@@H]1C[C@@H](C)CN(S(=O)(=O)c2ccc(Cl)cc2Cl)C1. The van der Waals surface area contributed by atoms with Crippen LogP contribution in [0.5, 0.6) is 0 Å². The van der Waals surface area contributed by atoms with E-state index >= 15 is 0 Å². The van der Waals surface area contributed by atoms with Gasteiger partial charge in [0.15, 0.2) is 0 Å². The molecule has 0 N–H and O–H groups in total. The normalized spacial score (nSPS) is 25.5. The molecule has 1 aliphatic rings. The summed E-state index contributed by atoms with van der Waals surface area (Å²) >= 11 is 11.8. The van der Waals surface area contributed by atoms with E-state index in [-0.39, 0.29) is 9.92 Å². The summed E-state index contributed by atoms with van der Waals surface area (Å²) in [7, 11) is -3.53. The Bertz CT molecular complexity index is 564. The van der Waals surface area contributed by atoms with Gasteiger partial charge in [0.05, 0.1) is 5.02 Å². The minimum Gasteiger partial charge on any atom is -0.207 e. The maximum Gasteiger partial charge on any atom is 0.244 e. The summed E-state index contributed by atoms with van der Waals surface area (Å²) in [5, 5.41) is 0.614. The van der Waals surface area contributed by atoms with Gasteiger partial charge in [0.2, 0.25) is 10.0 Å². The molecule has 3 nitrogen and oxygen atoms in total. The average Bonchev–Trinajstić information content (AvgIpc) is 2.26. The van der Waals surface area contributed by atoms with E-state index in [4.69, 9.17) is 23.2 Å². The van der Waals surface area contributed by atoms with E-state index in [1.54, 1.807) is 6.07 Å². The average molecular weight is 322 g/mol. The van der Waals surface area contributed by atoms with E-state index in [0.717, 1.165) is 6.42 Å². The Kier molecular flexibility index (Phi) is 4.45. The van der Waals surface area contributed by atoms with Crippen LogP contribution in [0.3, 0.4) is 0 Å². The maximum atomic E-state index is 12.6. The molecule has 6 heteroatoms. The molecule has 0 amide bonds. The zero-order valence-electron chi connectivity index (χ0n) is 10.9. The molecule has 0 unspecified atom stereocenters. The van der Waals surface area contributed by atoms with Gasteiger partial charge in [0.25, 0.3) is 0 Å². The Morgan fingerprint density at radius 1 is 1.16 bits per heavy atom. The highest BCUT2D eigenvalue weighted by atomic mass is 35.5. The van der Waals surface area contributed by atoms with Crippen molar-refractivity contribution in [3.8, 4) is 0 Å². The lowest BCUT2D eigenvalue weighted by Gasteiger charge is -2.34. The first-order chi connectivity index (χ1) is 8.80. The van der Waals surface area contributed by atoms with Crippen molar-refractivity contribution in [3.05, 3.63) is 28.2 Å². The fourth-order valence-electron chi connectivity index (χ4n) is 2.63. The number of hydrogen-bond acceptors (Lipinski definition) is 2. The zero-order chi connectivity index (χ0) is 14.2. The van der Waals surface area contributed by atoms with Crippen molar-refractivity contribution in [2.45, 2.75) is 25.2 Å². The molecule has 1 aliphatic heterocycles. The summed E-state index contributed by atoms with van der Waals surface area (Å²) in [4.78, 5) is 0.139. The molecule has 1 heterocycles. The fraction of sp³-hybridized carbons (Fsp3) is 0.538. The summed E-state index contributed by atoms with van der Waals surface area (Å²) in [6, 6.07) is 4.49. The molecule has 106 valence electrons. The van der Waals surface area contributed by atoms with Gasteiger partial charge in [-0.2, -0.15) is 4.31 Å². The number of nitrogens with zero attached hydrogens (tertiary/aromatic N) is 1. The van der Waals surface area contributed by atoms with Gasteiger partial charge in [-0.1, -0.05) is 37.0 Å². The topological polar surface area (TPSA) is 37.4 Å². The highest BCUT2D eigenvalue weighted by molar-refractivity contribution is 7.89. The van der Waals surface area contributed by atoms with Crippen LogP contribution < -0.4 is 0 Å². The summed E-state index contributed by atoms with van der Waals surface area (Å²) in [5.41, 5.74) is 0. The molecular formula is C13H17Cl2NO2S. The van der Waals surface area contributed by atoms with Crippen LogP contribution in [0.2, 0.25) is 10.0 Å². The molecular weight excluding hydrogens is 305 g/mol. The molecule has 1 aromatic carbocycles. The summed E-state index contributed by atoms with van der Waals surface area (Å²) in [6.45, 7) is 5.24. The van der Waals surface area contributed by atoms with Crippen LogP contribution in [-0.4, -0.2) is 25.8 Å². The van der Waals surface area contributed by atoms with E-state index in [9.17, 15) is 8.42 Å². The molecule has 1 aromatic rings. The largest absolute Gasteiger partial charge is 0.244 e. The molecule has 0 spiro atoms. The van der Waals surface area contributed by atoms with E-state index in [1.165, 1.54) is 16.4 Å². The van der Waals surface area contributed by atoms with Crippen LogP contribution >= 0.6 is 23.2 Å². The third kappa shape index (κ3) is 3.24. The van der Waals surface area contributed by atoms with Gasteiger partial charge in [0, 0.05) is 18.1 Å². The van der Waals surface area contributed by atoms with Crippen molar-refractivity contribution in [2.24, 2.45) is 11.8 Å². The number of sulfonamides is 1. The van der Waals surface area contributed by atoms with E-state index in [1.807, 2.05) is 0 Å². The molecule has 0 aromatic heterocycles. The number of piperidine rings is 1. The molecule has 0 bridgehead atoms. The predicted molar refractivity (Wildman–Crippen MR) is 78.2 cm³/mol. The van der Waals surface area contributed by atoms with Crippen molar-refractivity contribution in [3.63, 3.8) is 0 Å². The second-order valence-corrected chi connectivity index (χ2v) is 8.09. The van der Waals surface area contributed by atoms with Crippen LogP contribution in [0.4, 0.5) is 0 Å². The minimum atomic E-state index is -3.53. The van der Waals surface area contributed by atoms with E-state index in [2.05, 4.69) is 13.8 Å². The van der Waals surface area contributed by atoms with Crippen LogP contribution in [0, 0.1) is 11.8 Å². The van der Waals surface area contributed by atoms with E-state index < -0.39 is 10.0 Å². The van der Waals surface area contributed by atoms with Gasteiger partial charge < -0.3 is 0 Å². The lowest BCUT2D eigenvalue weighted by molar-refractivity contribution is 0.222. The van der Waals surface area contributed by atoms with Gasteiger partial charge >= 0.3 is 0 Å². The molecule has 0 saturated carbocycles. The summed E-state index contributed by atoms with van der Waals surface area (Å²) < 4.78 is 26.7. The molecule has 2 rings (SSSR count). The highest BCUT2D eigenvalue weighted by Crippen LogP contribution is 2.31. The second kappa shape index (κ2) is 5.60. The smallest absolute Gasteiger partial charge is 0.207 e. The lowest BCUT2D eigenvalue weighted by Crippen LogP contribution is -2.42. The quantitative estimate of drug-likeness (QED) is 0.833. The van der Waals surface area contributed by atoms with Crippen molar-refractivity contribution in [1.29, 1.82) is 0 Å². The predicted octanol–water partition coefficient (Wildman–Crippen LogP) is 3.66. The Hall–Kier alpha value is -0.290. The minimum absolute atomic E-state index is 0.139. The first-order valence-corrected chi connectivity index (χ1v) is 8.45. The summed E-state index contributed by atoms with van der Waals surface area (Å²) in [5.74, 6) is 0.731. The zero-order valence-corrected chi connectivity index (χ0v) is 13.3. The van der Waals surface area contributed by atoms with Crippen LogP contribution in [0.1, 0.15) is 20.3 Å². The monoisotopic (exact) mass is 321 g/mol. The second-order valence-electron chi connectivity index (χ2n) is 5.34. The molecule has 0 radical (unpaired) electrons. The fourth-order valence-corrected chi connectivity index (χ4v) is 5.05. The number of benzene rings is 1. The van der Waals surface area contributed by atoms with Gasteiger partial charge in [0.1, 0.15) is 4.90 Å². The standard InChI is InChI=1S/C13H17Cl2NO2S/c1-9-5-10(2)8-16(7-9)19(17,18)13-4-3-11(14)6-12(13)15/h3-4,6,9-10H,5,7-8H2,1-2H3/t9-,10-/m1/s1. The van der Waals surface area contributed by atoms with Crippen LogP contribution in [0.25, 0.3) is 0 Å². The third-order valence-corrected chi connectivity index (χ3v) is 5.90. The van der Waals surface area contributed by atoms with Gasteiger partial charge in [-0.3, -0.25) is 0 Å². The third-order valence-electron chi connectivity index (χ3n) is 3.35. The van der Waals surface area contributed by atoms with Crippen LogP contribution in [0.15, 0.2) is 23.1 Å². The van der Waals surface area contributed by atoms with Crippen molar-refractivity contribution >= 4 is 33.2 Å².